The van der Waals surface area contributed by atoms with E-state index in [9.17, 15) is 8.42 Å². The van der Waals surface area contributed by atoms with E-state index in [0.717, 1.165) is 31.6 Å². The molecule has 0 bridgehead atoms. The maximum atomic E-state index is 12.6. The van der Waals surface area contributed by atoms with Crippen LogP contribution in [0.3, 0.4) is 0 Å². The van der Waals surface area contributed by atoms with Crippen molar-refractivity contribution < 1.29 is 17.9 Å². The first-order valence-corrected chi connectivity index (χ1v) is 10.2. The first-order chi connectivity index (χ1) is 12.9. The van der Waals surface area contributed by atoms with Crippen LogP contribution in [0.4, 0.5) is 5.95 Å². The molecule has 1 aromatic carbocycles. The molecule has 0 atom stereocenters. The van der Waals surface area contributed by atoms with Crippen molar-refractivity contribution in [1.82, 2.24) is 14.7 Å². The number of ether oxygens (including phenoxy) is 2. The van der Waals surface area contributed by atoms with Gasteiger partial charge in [0.1, 0.15) is 0 Å². The van der Waals surface area contributed by atoms with Crippen LogP contribution in [0.1, 0.15) is 24.2 Å². The molecule has 1 fully saturated rings. The summed E-state index contributed by atoms with van der Waals surface area (Å²) < 4.78 is 38.2. The highest BCUT2D eigenvalue weighted by molar-refractivity contribution is 7.89. The number of rotatable bonds is 7. The van der Waals surface area contributed by atoms with Gasteiger partial charge in [-0.3, -0.25) is 0 Å². The molecule has 1 N–H and O–H groups in total. The van der Waals surface area contributed by atoms with Crippen LogP contribution in [-0.2, 0) is 16.6 Å². The number of aromatic nitrogens is 2. The maximum absolute atomic E-state index is 12.6. The second kappa shape index (κ2) is 8.10. The lowest BCUT2D eigenvalue weighted by molar-refractivity contribution is 0.354. The van der Waals surface area contributed by atoms with E-state index in [4.69, 9.17) is 9.47 Å². The molecule has 1 aliphatic rings. The zero-order chi connectivity index (χ0) is 19.4. The van der Waals surface area contributed by atoms with Gasteiger partial charge < -0.3 is 14.4 Å². The van der Waals surface area contributed by atoms with E-state index in [1.54, 1.807) is 12.1 Å². The van der Waals surface area contributed by atoms with Crippen LogP contribution < -0.4 is 19.1 Å². The number of aryl methyl sites for hydroxylation is 1. The summed E-state index contributed by atoms with van der Waals surface area (Å²) in [4.78, 5) is 11.2. The number of anilines is 1. The Kier molecular flexibility index (Phi) is 5.81. The van der Waals surface area contributed by atoms with Gasteiger partial charge in [0.2, 0.25) is 16.0 Å². The minimum Gasteiger partial charge on any atom is -0.493 e. The summed E-state index contributed by atoms with van der Waals surface area (Å²) in [6.07, 6.45) is 2.25. The Balaban J connectivity index is 1.77. The topological polar surface area (TPSA) is 93.7 Å². The summed E-state index contributed by atoms with van der Waals surface area (Å²) in [5.41, 5.74) is 1.45. The molecule has 1 aromatic heterocycles. The molecule has 9 heteroatoms. The van der Waals surface area contributed by atoms with E-state index in [0.29, 0.717) is 23.1 Å². The van der Waals surface area contributed by atoms with Crippen molar-refractivity contribution in [3.05, 3.63) is 35.7 Å². The normalized spacial score (nSPS) is 14.4. The summed E-state index contributed by atoms with van der Waals surface area (Å²) in [6, 6.07) is 6.26. The molecule has 0 spiro atoms. The smallest absolute Gasteiger partial charge is 0.241 e. The van der Waals surface area contributed by atoms with Crippen molar-refractivity contribution in [1.29, 1.82) is 0 Å². The van der Waals surface area contributed by atoms with Gasteiger partial charge in [-0.25, -0.2) is 23.1 Å². The van der Waals surface area contributed by atoms with Crippen LogP contribution in [0.5, 0.6) is 11.5 Å². The van der Waals surface area contributed by atoms with Gasteiger partial charge in [-0.2, -0.15) is 0 Å². The predicted octanol–water partition coefficient (Wildman–Crippen LogP) is 1.88. The Labute approximate surface area is 159 Å². The first kappa shape index (κ1) is 19.4. The van der Waals surface area contributed by atoms with Crippen molar-refractivity contribution in [3.63, 3.8) is 0 Å². The number of hydrogen-bond acceptors (Lipinski definition) is 7. The third-order valence-electron chi connectivity index (χ3n) is 4.39. The molecule has 2 heterocycles. The fourth-order valence-corrected chi connectivity index (χ4v) is 4.02. The van der Waals surface area contributed by atoms with Crippen molar-refractivity contribution in [2.24, 2.45) is 0 Å². The third-order valence-corrected chi connectivity index (χ3v) is 5.79. The summed E-state index contributed by atoms with van der Waals surface area (Å²) in [5.74, 6) is 1.49. The van der Waals surface area contributed by atoms with Crippen LogP contribution >= 0.6 is 0 Å². The van der Waals surface area contributed by atoms with E-state index in [1.165, 1.54) is 26.4 Å². The minimum atomic E-state index is -3.72. The first-order valence-electron chi connectivity index (χ1n) is 8.74. The Morgan fingerprint density at radius 3 is 2.44 bits per heavy atom. The van der Waals surface area contributed by atoms with Gasteiger partial charge in [0.25, 0.3) is 0 Å². The van der Waals surface area contributed by atoms with Crippen molar-refractivity contribution >= 4 is 16.0 Å². The van der Waals surface area contributed by atoms with E-state index >= 15 is 0 Å². The standard InChI is InChI=1S/C18H24N4O4S/c1-13-10-14(21-18(20-13)22-8-4-5-9-22)12-19-27(23,24)15-6-7-16(25-2)17(11-15)26-3/h6-7,10-11,19H,4-5,8-9,12H2,1-3H3. The molecule has 2 aromatic rings. The molecule has 27 heavy (non-hydrogen) atoms. The van der Waals surface area contributed by atoms with Crippen molar-refractivity contribution in [2.45, 2.75) is 31.2 Å². The van der Waals surface area contributed by atoms with E-state index in [-0.39, 0.29) is 11.4 Å². The Bertz CT molecular complexity index is 912. The van der Waals surface area contributed by atoms with Crippen LogP contribution in [0, 0.1) is 6.92 Å². The lowest BCUT2D eigenvalue weighted by atomic mass is 10.3. The maximum Gasteiger partial charge on any atom is 0.241 e. The summed E-state index contributed by atoms with van der Waals surface area (Å²) >= 11 is 0. The molecular weight excluding hydrogens is 368 g/mol. The number of nitrogens with zero attached hydrogens (tertiary/aromatic N) is 3. The molecule has 0 amide bonds. The number of nitrogens with one attached hydrogen (secondary N) is 1. The van der Waals surface area contributed by atoms with Crippen LogP contribution in [0.2, 0.25) is 0 Å². The third kappa shape index (κ3) is 4.48. The molecule has 3 rings (SSSR count). The van der Waals surface area contributed by atoms with Gasteiger partial charge in [0, 0.05) is 24.8 Å². The average molecular weight is 392 g/mol. The number of sulfonamides is 1. The highest BCUT2D eigenvalue weighted by Crippen LogP contribution is 2.29. The molecule has 0 aliphatic carbocycles. The molecular formula is C18H24N4O4S. The monoisotopic (exact) mass is 392 g/mol. The van der Waals surface area contributed by atoms with E-state index in [1.807, 2.05) is 6.92 Å². The summed E-state index contributed by atoms with van der Waals surface area (Å²) in [5, 5.41) is 0. The van der Waals surface area contributed by atoms with E-state index in [2.05, 4.69) is 19.6 Å². The lowest BCUT2D eigenvalue weighted by Gasteiger charge is -2.16. The summed E-state index contributed by atoms with van der Waals surface area (Å²) in [7, 11) is -0.757. The fourth-order valence-electron chi connectivity index (χ4n) is 3.00. The molecule has 0 unspecified atom stereocenters. The predicted molar refractivity (Wildman–Crippen MR) is 102 cm³/mol. The lowest BCUT2D eigenvalue weighted by Crippen LogP contribution is -2.25. The highest BCUT2D eigenvalue weighted by atomic mass is 32.2. The van der Waals surface area contributed by atoms with Gasteiger partial charge in [0.15, 0.2) is 11.5 Å². The molecule has 0 saturated carbocycles. The second-order valence-electron chi connectivity index (χ2n) is 6.34. The van der Waals surface area contributed by atoms with Crippen LogP contribution in [0.15, 0.2) is 29.2 Å². The van der Waals surface area contributed by atoms with Crippen molar-refractivity contribution in [2.75, 3.05) is 32.2 Å². The number of benzene rings is 1. The SMILES string of the molecule is COc1ccc(S(=O)(=O)NCc2cc(C)nc(N3CCCC3)n2)cc1OC. The fraction of sp³-hybridized carbons (Fsp3) is 0.444. The molecule has 146 valence electrons. The van der Waals surface area contributed by atoms with Crippen LogP contribution in [0.25, 0.3) is 0 Å². The zero-order valence-electron chi connectivity index (χ0n) is 15.7. The Hall–Kier alpha value is -2.39. The minimum absolute atomic E-state index is 0.0842. The quantitative estimate of drug-likeness (QED) is 0.769. The second-order valence-corrected chi connectivity index (χ2v) is 8.10. The Morgan fingerprint density at radius 1 is 1.07 bits per heavy atom. The van der Waals surface area contributed by atoms with Gasteiger partial charge >= 0.3 is 0 Å². The molecule has 1 saturated heterocycles. The van der Waals surface area contributed by atoms with Gasteiger partial charge in [-0.05, 0) is 38.0 Å². The largest absolute Gasteiger partial charge is 0.493 e. The van der Waals surface area contributed by atoms with Gasteiger partial charge in [0.05, 0.1) is 31.4 Å². The molecule has 1 aliphatic heterocycles. The van der Waals surface area contributed by atoms with Gasteiger partial charge in [-0.15, -0.1) is 0 Å². The molecule has 8 nitrogen and oxygen atoms in total. The highest BCUT2D eigenvalue weighted by Gasteiger charge is 2.19. The van der Waals surface area contributed by atoms with Crippen LogP contribution in [-0.4, -0.2) is 45.7 Å². The number of methoxy groups -OCH3 is 2. The Morgan fingerprint density at radius 2 is 1.78 bits per heavy atom. The van der Waals surface area contributed by atoms with Crippen molar-refractivity contribution in [3.8, 4) is 11.5 Å². The zero-order valence-corrected chi connectivity index (χ0v) is 16.5. The van der Waals surface area contributed by atoms with E-state index < -0.39 is 10.0 Å². The molecule has 0 radical (unpaired) electrons. The number of hydrogen-bond donors (Lipinski definition) is 1. The average Bonchev–Trinajstić information content (AvgIpc) is 3.20. The summed E-state index contributed by atoms with van der Waals surface area (Å²) in [6.45, 7) is 3.83. The van der Waals surface area contributed by atoms with Gasteiger partial charge in [-0.1, -0.05) is 0 Å².